The molecule has 3 rings (SSSR count). The second kappa shape index (κ2) is 9.97. The van der Waals surface area contributed by atoms with Gasteiger partial charge in [0.15, 0.2) is 0 Å². The average Bonchev–Trinajstić information content (AvgIpc) is 2.74. The molecule has 0 saturated carbocycles. The summed E-state index contributed by atoms with van der Waals surface area (Å²) >= 11 is 0. The molecule has 0 unspecified atom stereocenters. The fraction of sp³-hybridized carbons (Fsp3) is 0.520. The van der Waals surface area contributed by atoms with Crippen molar-refractivity contribution in [2.24, 2.45) is 5.92 Å². The van der Waals surface area contributed by atoms with Gasteiger partial charge in [-0.05, 0) is 73.3 Å². The number of benzene rings is 1. The van der Waals surface area contributed by atoms with Gasteiger partial charge in [0.2, 0.25) is 5.91 Å². The molecule has 1 N–H and O–H groups in total. The number of amides is 1. The predicted octanol–water partition coefficient (Wildman–Crippen LogP) is 6.73. The van der Waals surface area contributed by atoms with E-state index >= 15 is 0 Å². The minimum Gasteiger partial charge on any atom is -0.542 e. The molecule has 186 valence electrons. The summed E-state index contributed by atoms with van der Waals surface area (Å²) in [5.74, 6) is 1.35. The molecule has 1 amide bonds. The van der Waals surface area contributed by atoms with E-state index in [1.807, 2.05) is 6.07 Å². The number of hydrogen-bond donors (Lipinski definition) is 1. The number of nitrogens with zero attached hydrogens (tertiary/aromatic N) is 2. The Morgan fingerprint density at radius 2 is 1.71 bits per heavy atom. The third-order valence-electron chi connectivity index (χ3n) is 6.83. The zero-order valence-electron chi connectivity index (χ0n) is 20.5. The average molecular weight is 494 g/mol. The minimum atomic E-state index is -4.33. The van der Waals surface area contributed by atoms with Gasteiger partial charge in [-0.3, -0.25) is 4.79 Å². The lowest BCUT2D eigenvalue weighted by Crippen LogP contribution is -2.43. The van der Waals surface area contributed by atoms with Gasteiger partial charge in [0, 0.05) is 25.2 Å². The number of carbonyl (C=O) groups is 1. The predicted molar refractivity (Wildman–Crippen MR) is 132 cm³/mol. The molecule has 34 heavy (non-hydrogen) atoms. The van der Waals surface area contributed by atoms with Crippen molar-refractivity contribution in [2.45, 2.75) is 64.3 Å². The van der Waals surface area contributed by atoms with E-state index < -0.39 is 20.1 Å². The van der Waals surface area contributed by atoms with Gasteiger partial charge in [-0.2, -0.15) is 13.2 Å². The van der Waals surface area contributed by atoms with E-state index in [-0.39, 0.29) is 16.9 Å². The van der Waals surface area contributed by atoms with Gasteiger partial charge in [-0.15, -0.1) is 0 Å². The fourth-order valence-corrected chi connectivity index (χ4v) is 4.69. The van der Waals surface area contributed by atoms with Gasteiger partial charge in [0.05, 0.1) is 11.8 Å². The number of halogens is 3. The summed E-state index contributed by atoms with van der Waals surface area (Å²) < 4.78 is 44.5. The van der Waals surface area contributed by atoms with Crippen molar-refractivity contribution in [1.82, 2.24) is 4.98 Å². The Bertz CT molecular complexity index is 963. The van der Waals surface area contributed by atoms with Gasteiger partial charge < -0.3 is 14.6 Å². The first kappa shape index (κ1) is 26.1. The maximum Gasteiger partial charge on any atom is 0.416 e. The van der Waals surface area contributed by atoms with Crippen LogP contribution in [0.1, 0.15) is 45.6 Å². The molecule has 9 heteroatoms. The Kier molecular flexibility index (Phi) is 7.64. The van der Waals surface area contributed by atoms with Gasteiger partial charge >= 0.3 is 6.18 Å². The largest absolute Gasteiger partial charge is 0.542 e. The Morgan fingerprint density at radius 3 is 2.21 bits per heavy atom. The third-order valence-corrected chi connectivity index (χ3v) is 11.2. The molecule has 1 aliphatic rings. The van der Waals surface area contributed by atoms with Gasteiger partial charge in [-0.25, -0.2) is 4.98 Å². The van der Waals surface area contributed by atoms with E-state index in [1.54, 1.807) is 12.3 Å². The molecule has 0 bridgehead atoms. The number of pyridine rings is 1. The second-order valence-corrected chi connectivity index (χ2v) is 15.2. The molecule has 1 aromatic carbocycles. The van der Waals surface area contributed by atoms with Crippen molar-refractivity contribution < 1.29 is 22.4 Å². The van der Waals surface area contributed by atoms with Crippen molar-refractivity contribution in [3.8, 4) is 5.75 Å². The first-order chi connectivity index (χ1) is 15.7. The first-order valence-electron chi connectivity index (χ1n) is 11.6. The number of nitrogens with one attached hydrogen (secondary N) is 1. The van der Waals surface area contributed by atoms with Crippen LogP contribution in [0.25, 0.3) is 0 Å². The van der Waals surface area contributed by atoms with Crippen LogP contribution >= 0.6 is 0 Å². The smallest absolute Gasteiger partial charge is 0.416 e. The molecule has 0 aliphatic carbocycles. The highest BCUT2D eigenvalue weighted by Gasteiger charge is 2.39. The Morgan fingerprint density at radius 1 is 1.09 bits per heavy atom. The molecule has 1 fully saturated rings. The topological polar surface area (TPSA) is 54.5 Å². The number of rotatable bonds is 6. The Balaban J connectivity index is 1.46. The zero-order valence-corrected chi connectivity index (χ0v) is 21.5. The number of piperidine rings is 1. The molecule has 0 spiro atoms. The molecule has 1 aliphatic heterocycles. The zero-order chi connectivity index (χ0) is 25.1. The number of anilines is 2. The molecule has 0 radical (unpaired) electrons. The molecule has 5 nitrogen and oxygen atoms in total. The van der Waals surface area contributed by atoms with E-state index in [2.05, 4.69) is 49.1 Å². The lowest BCUT2D eigenvalue weighted by molar-refractivity contribution is -0.137. The van der Waals surface area contributed by atoms with Crippen LogP contribution in [0.4, 0.5) is 24.7 Å². The summed E-state index contributed by atoms with van der Waals surface area (Å²) in [6, 6.07) is 8.86. The second-order valence-electron chi connectivity index (χ2n) is 10.5. The van der Waals surface area contributed by atoms with Crippen LogP contribution in [-0.2, 0) is 11.0 Å². The standard InChI is InChI=1S/C25H34F3N3O2Si/c1-24(2,3)34(4,5)33-21-10-11-22(29-17-21)30-23(32)16-18-12-14-31(15-13-18)20-8-6-19(7-9-20)25(26,27)28/h6-11,17-18H,12-16H2,1-5H3,(H,29,30,32). The van der Waals surface area contributed by atoms with Crippen molar-refractivity contribution in [3.05, 3.63) is 48.2 Å². The SMILES string of the molecule is CC(C)(C)[Si](C)(C)Oc1ccc(NC(=O)CC2CCN(c3ccc(C(F)(F)F)cc3)CC2)nc1. The molecular weight excluding hydrogens is 459 g/mol. The van der Waals surface area contributed by atoms with Gasteiger partial charge in [0.1, 0.15) is 11.6 Å². The lowest BCUT2D eigenvalue weighted by atomic mass is 9.93. The van der Waals surface area contributed by atoms with Crippen LogP contribution < -0.4 is 14.6 Å². The van der Waals surface area contributed by atoms with E-state index in [1.165, 1.54) is 12.1 Å². The number of aromatic nitrogens is 1. The van der Waals surface area contributed by atoms with Crippen molar-refractivity contribution in [3.63, 3.8) is 0 Å². The quantitative estimate of drug-likeness (QED) is 0.453. The van der Waals surface area contributed by atoms with Crippen LogP contribution in [0.3, 0.4) is 0 Å². The fourth-order valence-electron chi connectivity index (χ4n) is 3.67. The Labute approximate surface area is 200 Å². The first-order valence-corrected chi connectivity index (χ1v) is 14.5. The number of alkyl halides is 3. The molecule has 1 saturated heterocycles. The van der Waals surface area contributed by atoms with E-state index in [0.29, 0.717) is 31.1 Å². The highest BCUT2D eigenvalue weighted by atomic mass is 28.4. The number of hydrogen-bond acceptors (Lipinski definition) is 4. The lowest BCUT2D eigenvalue weighted by Gasteiger charge is -2.36. The highest BCUT2D eigenvalue weighted by Crippen LogP contribution is 2.37. The monoisotopic (exact) mass is 493 g/mol. The minimum absolute atomic E-state index is 0.0847. The van der Waals surface area contributed by atoms with E-state index in [4.69, 9.17) is 4.43 Å². The maximum atomic E-state index is 12.8. The third kappa shape index (κ3) is 6.74. The van der Waals surface area contributed by atoms with Crippen LogP contribution in [0.2, 0.25) is 18.1 Å². The van der Waals surface area contributed by atoms with Crippen molar-refractivity contribution in [1.29, 1.82) is 0 Å². The molecule has 2 aromatic rings. The normalized spacial score (nSPS) is 15.8. The highest BCUT2D eigenvalue weighted by molar-refractivity contribution is 6.74. The Hall–Kier alpha value is -2.55. The van der Waals surface area contributed by atoms with Crippen LogP contribution in [0.15, 0.2) is 42.6 Å². The summed E-state index contributed by atoms with van der Waals surface area (Å²) in [6.45, 7) is 12.3. The van der Waals surface area contributed by atoms with Crippen LogP contribution in [-0.4, -0.2) is 32.3 Å². The van der Waals surface area contributed by atoms with E-state index in [0.717, 1.165) is 30.7 Å². The maximum absolute atomic E-state index is 12.8. The van der Waals surface area contributed by atoms with Crippen LogP contribution in [0, 0.1) is 5.92 Å². The number of carbonyl (C=O) groups excluding carboxylic acids is 1. The summed E-state index contributed by atoms with van der Waals surface area (Å²) in [5.41, 5.74) is 0.135. The summed E-state index contributed by atoms with van der Waals surface area (Å²) in [5, 5.41) is 2.94. The van der Waals surface area contributed by atoms with Gasteiger partial charge in [-0.1, -0.05) is 20.8 Å². The van der Waals surface area contributed by atoms with Crippen LogP contribution in [0.5, 0.6) is 5.75 Å². The van der Waals surface area contributed by atoms with Crippen molar-refractivity contribution >= 4 is 25.7 Å². The summed E-state index contributed by atoms with van der Waals surface area (Å²) in [4.78, 5) is 18.9. The molecule has 0 atom stereocenters. The molecule has 1 aromatic heterocycles. The van der Waals surface area contributed by atoms with Crippen molar-refractivity contribution in [2.75, 3.05) is 23.3 Å². The summed E-state index contributed by atoms with van der Waals surface area (Å²) in [7, 11) is -1.95. The molecule has 2 heterocycles. The summed E-state index contributed by atoms with van der Waals surface area (Å²) in [6.07, 6.45) is -0.669. The van der Waals surface area contributed by atoms with Gasteiger partial charge in [0.25, 0.3) is 8.32 Å². The van der Waals surface area contributed by atoms with E-state index in [9.17, 15) is 18.0 Å². The molecular formula is C25H34F3N3O2Si.